The molecule has 0 spiro atoms. The van der Waals surface area contributed by atoms with E-state index in [4.69, 9.17) is 5.73 Å². The topological polar surface area (TPSA) is 75.4 Å². The van der Waals surface area contributed by atoms with E-state index in [9.17, 15) is 9.59 Å². The summed E-state index contributed by atoms with van der Waals surface area (Å²) in [6, 6.07) is -0.196. The van der Waals surface area contributed by atoms with Crippen LogP contribution in [0.3, 0.4) is 0 Å². The minimum atomic E-state index is -0.294. The largest absolute Gasteiger partial charge is 0.424 e. The lowest BCUT2D eigenvalue weighted by atomic mass is 10.1. The summed E-state index contributed by atoms with van der Waals surface area (Å²) in [6.45, 7) is 3.65. The van der Waals surface area contributed by atoms with E-state index in [1.807, 2.05) is 3.11 Å². The van der Waals surface area contributed by atoms with Gasteiger partial charge in [0, 0.05) is 19.4 Å². The number of hydrogen-bond acceptors (Lipinski definition) is 3. The van der Waals surface area contributed by atoms with Crippen molar-refractivity contribution >= 4 is 11.8 Å². The van der Waals surface area contributed by atoms with Crippen LogP contribution in [0.15, 0.2) is 0 Å². The Bertz CT molecular complexity index is 393. The summed E-state index contributed by atoms with van der Waals surface area (Å²) < 4.78 is 2.97. The minimum Gasteiger partial charge on any atom is -0.354 e. The molecule has 5 nitrogen and oxygen atoms in total. The van der Waals surface area contributed by atoms with Crippen molar-refractivity contribution in [2.24, 2.45) is 5.73 Å². The summed E-state index contributed by atoms with van der Waals surface area (Å²) in [7, 11) is 0. The van der Waals surface area contributed by atoms with E-state index < -0.39 is 0 Å². The molecule has 1 rings (SSSR count). The van der Waals surface area contributed by atoms with Crippen LogP contribution in [0.4, 0.5) is 0 Å². The van der Waals surface area contributed by atoms with E-state index in [0.717, 1.165) is 43.0 Å². The van der Waals surface area contributed by atoms with Gasteiger partial charge >= 0.3 is 21.5 Å². The van der Waals surface area contributed by atoms with Gasteiger partial charge in [-0.3, -0.25) is 9.59 Å². The molecule has 1 saturated heterocycles. The van der Waals surface area contributed by atoms with Crippen molar-refractivity contribution in [2.75, 3.05) is 17.5 Å². The number of unbranched alkanes of at least 4 members (excludes halogenated alkanes) is 9. The third-order valence-electron chi connectivity index (χ3n) is 4.83. The standard InChI is InChI=1S/C20H38IN3O2/c1-2-3-4-5-6-7-8-10-13-19(25)24-18(14-15-21-24)20(26)23-17-12-9-11-16-22/h18H,2-17,22H2,1H3/p+1. The first kappa shape index (κ1) is 23.7. The SMILES string of the molecule is CCCCCCCCCCC(=O)N1[I+]CCC1C(=O)NCCCCCN. The summed E-state index contributed by atoms with van der Waals surface area (Å²) in [6.07, 6.45) is 14.4. The van der Waals surface area contributed by atoms with Gasteiger partial charge in [-0.2, -0.15) is 0 Å². The van der Waals surface area contributed by atoms with Crippen LogP contribution in [0, 0.1) is 0 Å². The number of halogens is 1. The van der Waals surface area contributed by atoms with Crippen molar-refractivity contribution in [1.82, 2.24) is 8.43 Å². The Labute approximate surface area is 170 Å². The number of carbonyl (C=O) groups is 2. The van der Waals surface area contributed by atoms with Crippen molar-refractivity contribution in [1.29, 1.82) is 0 Å². The Kier molecular flexibility index (Phi) is 14.3. The average molecular weight is 480 g/mol. The van der Waals surface area contributed by atoms with Crippen LogP contribution in [-0.2, 0) is 9.59 Å². The van der Waals surface area contributed by atoms with Crippen LogP contribution in [0.2, 0.25) is 0 Å². The lowest BCUT2D eigenvalue weighted by Gasteiger charge is -2.15. The molecule has 0 radical (unpaired) electrons. The molecule has 0 aromatic carbocycles. The van der Waals surface area contributed by atoms with Crippen molar-refractivity contribution in [3.05, 3.63) is 0 Å². The van der Waals surface area contributed by atoms with Gasteiger partial charge in [-0.25, -0.2) is 0 Å². The summed E-state index contributed by atoms with van der Waals surface area (Å²) >= 11 is -0.294. The lowest BCUT2D eigenvalue weighted by molar-refractivity contribution is -0.768. The summed E-state index contributed by atoms with van der Waals surface area (Å²) in [5.41, 5.74) is 5.48. The highest BCUT2D eigenvalue weighted by Gasteiger charge is 2.45. The van der Waals surface area contributed by atoms with Crippen LogP contribution in [0.25, 0.3) is 0 Å². The van der Waals surface area contributed by atoms with E-state index in [-0.39, 0.29) is 39.3 Å². The molecule has 2 amide bonds. The molecule has 0 bridgehead atoms. The molecule has 0 saturated carbocycles. The molecule has 1 heterocycles. The van der Waals surface area contributed by atoms with Gasteiger partial charge in [-0.15, -0.1) is 3.11 Å². The zero-order chi connectivity index (χ0) is 19.0. The van der Waals surface area contributed by atoms with Gasteiger partial charge in [0.05, 0.1) is 0 Å². The number of amides is 2. The number of alkyl halides is 1. The zero-order valence-electron chi connectivity index (χ0n) is 16.6. The fraction of sp³-hybridized carbons (Fsp3) is 0.900. The van der Waals surface area contributed by atoms with E-state index >= 15 is 0 Å². The quantitative estimate of drug-likeness (QED) is 0.154. The van der Waals surface area contributed by atoms with Gasteiger partial charge in [-0.1, -0.05) is 58.3 Å². The smallest absolute Gasteiger partial charge is 0.354 e. The maximum Gasteiger partial charge on any atom is 0.424 e. The first-order valence-corrected chi connectivity index (χ1v) is 13.1. The number of nitrogens with zero attached hydrogens (tertiary/aromatic N) is 1. The molecule has 0 aromatic heterocycles. The van der Waals surface area contributed by atoms with Gasteiger partial charge in [0.2, 0.25) is 5.91 Å². The number of carbonyl (C=O) groups excluding carboxylic acids is 2. The molecule has 1 unspecified atom stereocenters. The van der Waals surface area contributed by atoms with E-state index in [2.05, 4.69) is 12.2 Å². The summed E-state index contributed by atoms with van der Waals surface area (Å²) in [5, 5.41) is 3.01. The Morgan fingerprint density at radius 3 is 2.35 bits per heavy atom. The Morgan fingerprint density at radius 2 is 1.65 bits per heavy atom. The Hall–Kier alpha value is -0.370. The predicted octanol–water partition coefficient (Wildman–Crippen LogP) is 0.367. The number of nitrogens with two attached hydrogens (primary N) is 1. The predicted molar refractivity (Wildman–Crippen MR) is 103 cm³/mol. The first-order valence-electron chi connectivity index (χ1n) is 10.6. The highest BCUT2D eigenvalue weighted by atomic mass is 127. The zero-order valence-corrected chi connectivity index (χ0v) is 18.8. The maximum atomic E-state index is 12.5. The fourth-order valence-electron chi connectivity index (χ4n) is 3.21. The molecular formula is C20H39IN3O2+. The minimum absolute atomic E-state index is 0.0548. The van der Waals surface area contributed by atoms with Crippen molar-refractivity contribution < 1.29 is 31.1 Å². The van der Waals surface area contributed by atoms with Crippen LogP contribution in [0.5, 0.6) is 0 Å². The normalized spacial score (nSPS) is 16.8. The van der Waals surface area contributed by atoms with E-state index in [1.54, 1.807) is 0 Å². The summed E-state index contributed by atoms with van der Waals surface area (Å²) in [5.74, 6) is 0.267. The molecule has 6 heteroatoms. The monoisotopic (exact) mass is 480 g/mol. The second kappa shape index (κ2) is 15.7. The molecule has 1 aliphatic heterocycles. The number of nitrogens with one attached hydrogen (secondary N) is 1. The third kappa shape index (κ3) is 10.1. The molecule has 152 valence electrons. The van der Waals surface area contributed by atoms with Gasteiger partial charge in [-0.05, 0) is 25.8 Å². The molecule has 0 aliphatic carbocycles. The second-order valence-electron chi connectivity index (χ2n) is 7.18. The summed E-state index contributed by atoms with van der Waals surface area (Å²) in [4.78, 5) is 24.9. The van der Waals surface area contributed by atoms with Crippen LogP contribution in [-0.4, -0.2) is 38.5 Å². The van der Waals surface area contributed by atoms with Crippen LogP contribution < -0.4 is 32.5 Å². The number of rotatable bonds is 15. The average Bonchev–Trinajstić information content (AvgIpc) is 3.13. The van der Waals surface area contributed by atoms with E-state index in [1.165, 1.54) is 38.5 Å². The lowest BCUT2D eigenvalue weighted by Crippen LogP contribution is -3.67. The molecule has 1 fully saturated rings. The van der Waals surface area contributed by atoms with Gasteiger partial charge < -0.3 is 11.1 Å². The molecule has 3 N–H and O–H groups in total. The third-order valence-corrected chi connectivity index (χ3v) is 7.89. The van der Waals surface area contributed by atoms with Crippen molar-refractivity contribution in [3.8, 4) is 0 Å². The maximum absolute atomic E-state index is 12.5. The van der Waals surface area contributed by atoms with Crippen molar-refractivity contribution in [3.63, 3.8) is 0 Å². The molecule has 1 aliphatic rings. The molecular weight excluding hydrogens is 441 g/mol. The van der Waals surface area contributed by atoms with E-state index in [0.29, 0.717) is 19.5 Å². The van der Waals surface area contributed by atoms with Crippen molar-refractivity contribution in [2.45, 2.75) is 96.4 Å². The fourth-order valence-corrected chi connectivity index (χ4v) is 6.22. The highest BCUT2D eigenvalue weighted by molar-refractivity contribution is 5.87. The molecule has 1 atom stereocenters. The first-order chi connectivity index (χ1) is 12.7. The van der Waals surface area contributed by atoms with Crippen LogP contribution in [0.1, 0.15) is 90.4 Å². The van der Waals surface area contributed by atoms with Crippen LogP contribution >= 0.6 is 0 Å². The highest BCUT2D eigenvalue weighted by Crippen LogP contribution is 2.11. The van der Waals surface area contributed by atoms with Gasteiger partial charge in [0.25, 0.3) is 5.91 Å². The Morgan fingerprint density at radius 1 is 1.00 bits per heavy atom. The number of hydrogen-bond donors (Lipinski definition) is 2. The molecule has 26 heavy (non-hydrogen) atoms. The molecule has 0 aromatic rings. The van der Waals surface area contributed by atoms with Gasteiger partial charge in [0.15, 0.2) is 10.5 Å². The second-order valence-corrected chi connectivity index (χ2v) is 9.98. The Balaban J connectivity index is 2.16. The van der Waals surface area contributed by atoms with Gasteiger partial charge in [0.1, 0.15) is 0 Å².